The summed E-state index contributed by atoms with van der Waals surface area (Å²) in [6.45, 7) is 2.99. The molecule has 6 heteroatoms. The van der Waals surface area contributed by atoms with Gasteiger partial charge in [0.15, 0.2) is 0 Å². The zero-order chi connectivity index (χ0) is 14.8. The van der Waals surface area contributed by atoms with Gasteiger partial charge in [0.05, 0.1) is 11.4 Å². The lowest BCUT2D eigenvalue weighted by Crippen LogP contribution is -2.40. The van der Waals surface area contributed by atoms with E-state index >= 15 is 0 Å². The molecule has 1 aromatic rings. The first-order valence-corrected chi connectivity index (χ1v) is 8.21. The monoisotopic (exact) mass is 305 g/mol. The maximum Gasteiger partial charge on any atom is 0.234 e. The quantitative estimate of drug-likeness (QED) is 0.782. The van der Waals surface area contributed by atoms with E-state index in [1.54, 1.807) is 0 Å². The Labute approximate surface area is 128 Å². The summed E-state index contributed by atoms with van der Waals surface area (Å²) in [7, 11) is 0. The number of hydrogen-bond acceptors (Lipinski definition) is 4. The van der Waals surface area contributed by atoms with Crippen LogP contribution in [0, 0.1) is 5.92 Å². The maximum atomic E-state index is 12.3. The van der Waals surface area contributed by atoms with Gasteiger partial charge in [0, 0.05) is 22.5 Å². The molecule has 0 aliphatic carbocycles. The summed E-state index contributed by atoms with van der Waals surface area (Å²) in [5.41, 5.74) is 1.53. The molecule has 2 aliphatic rings. The van der Waals surface area contributed by atoms with Crippen LogP contribution in [0.15, 0.2) is 23.1 Å². The lowest BCUT2D eigenvalue weighted by molar-refractivity contribution is -0.120. The van der Waals surface area contributed by atoms with Crippen molar-refractivity contribution in [1.29, 1.82) is 0 Å². The Kier molecular flexibility index (Phi) is 4.17. The largest absolute Gasteiger partial charge is 0.326 e. The van der Waals surface area contributed by atoms with Gasteiger partial charge in [-0.05, 0) is 44.5 Å². The van der Waals surface area contributed by atoms with Gasteiger partial charge in [-0.1, -0.05) is 0 Å². The molecule has 3 rings (SSSR count). The highest BCUT2D eigenvalue weighted by molar-refractivity contribution is 8.00. The van der Waals surface area contributed by atoms with Crippen molar-refractivity contribution >= 4 is 35.0 Å². The Balaban J connectivity index is 1.68. The number of rotatable bonds is 2. The van der Waals surface area contributed by atoms with Crippen LogP contribution >= 0.6 is 11.8 Å². The molecule has 2 atom stereocenters. The highest BCUT2D eigenvalue weighted by Crippen LogP contribution is 2.33. The van der Waals surface area contributed by atoms with Crippen molar-refractivity contribution in [2.45, 2.75) is 30.7 Å². The Morgan fingerprint density at radius 1 is 1.43 bits per heavy atom. The highest BCUT2D eigenvalue weighted by atomic mass is 32.2. The predicted molar refractivity (Wildman–Crippen MR) is 84.6 cm³/mol. The van der Waals surface area contributed by atoms with Crippen LogP contribution in [0.25, 0.3) is 0 Å². The van der Waals surface area contributed by atoms with Crippen LogP contribution in [0.1, 0.15) is 19.8 Å². The van der Waals surface area contributed by atoms with Crippen molar-refractivity contribution in [3.63, 3.8) is 0 Å². The number of amides is 2. The van der Waals surface area contributed by atoms with E-state index in [0.717, 1.165) is 35.7 Å². The number of nitrogens with one attached hydrogen (secondary N) is 3. The van der Waals surface area contributed by atoms with E-state index in [1.807, 2.05) is 18.2 Å². The minimum absolute atomic E-state index is 0.00292. The normalized spacial score (nSPS) is 24.9. The van der Waals surface area contributed by atoms with Gasteiger partial charge in [0.25, 0.3) is 0 Å². The summed E-state index contributed by atoms with van der Waals surface area (Å²) in [5, 5.41) is 9.16. The van der Waals surface area contributed by atoms with Gasteiger partial charge in [0.1, 0.15) is 0 Å². The van der Waals surface area contributed by atoms with Gasteiger partial charge in [-0.25, -0.2) is 0 Å². The second kappa shape index (κ2) is 6.07. The first-order valence-electron chi connectivity index (χ1n) is 7.23. The standard InChI is InChI=1S/C15H19N3O2S/c1-9-6-10(4-5-16-9)15(20)17-11-2-3-13-12(7-11)18-14(19)8-21-13/h2-3,7,9-10,16H,4-6,8H2,1H3,(H,17,20)(H,18,19). The summed E-state index contributed by atoms with van der Waals surface area (Å²) in [4.78, 5) is 24.8. The van der Waals surface area contributed by atoms with E-state index in [2.05, 4.69) is 22.9 Å². The number of benzene rings is 1. The third kappa shape index (κ3) is 3.39. The molecule has 1 fully saturated rings. The zero-order valence-electron chi connectivity index (χ0n) is 11.9. The average molecular weight is 305 g/mol. The number of fused-ring (bicyclic) bond motifs is 1. The second-order valence-corrected chi connectivity index (χ2v) is 6.63. The SMILES string of the molecule is CC1CC(C(=O)Nc2ccc3c(c2)NC(=O)CS3)CCN1. The molecule has 0 spiro atoms. The summed E-state index contributed by atoms with van der Waals surface area (Å²) in [6, 6.07) is 6.06. The maximum absolute atomic E-state index is 12.3. The van der Waals surface area contributed by atoms with Crippen LogP contribution < -0.4 is 16.0 Å². The van der Waals surface area contributed by atoms with Crippen molar-refractivity contribution < 1.29 is 9.59 Å². The molecule has 5 nitrogen and oxygen atoms in total. The van der Waals surface area contributed by atoms with Crippen LogP contribution in [-0.2, 0) is 9.59 Å². The van der Waals surface area contributed by atoms with E-state index in [9.17, 15) is 9.59 Å². The molecule has 3 N–H and O–H groups in total. The van der Waals surface area contributed by atoms with Crippen molar-refractivity contribution in [1.82, 2.24) is 5.32 Å². The van der Waals surface area contributed by atoms with E-state index < -0.39 is 0 Å². The summed E-state index contributed by atoms with van der Waals surface area (Å²) >= 11 is 1.52. The fourth-order valence-electron chi connectivity index (χ4n) is 2.78. The van der Waals surface area contributed by atoms with E-state index in [4.69, 9.17) is 0 Å². The molecule has 1 aromatic carbocycles. The molecule has 21 heavy (non-hydrogen) atoms. The number of thioether (sulfide) groups is 1. The molecule has 1 saturated heterocycles. The minimum Gasteiger partial charge on any atom is -0.326 e. The van der Waals surface area contributed by atoms with Gasteiger partial charge in [-0.2, -0.15) is 0 Å². The Hall–Kier alpha value is -1.53. The first-order chi connectivity index (χ1) is 10.1. The lowest BCUT2D eigenvalue weighted by atomic mass is 9.92. The van der Waals surface area contributed by atoms with Crippen LogP contribution in [0.5, 0.6) is 0 Å². The molecular weight excluding hydrogens is 286 g/mol. The second-order valence-electron chi connectivity index (χ2n) is 5.61. The number of carbonyl (C=O) groups is 2. The summed E-state index contributed by atoms with van der Waals surface area (Å²) in [5.74, 6) is 0.577. The number of piperidine rings is 1. The molecular formula is C15H19N3O2S. The third-order valence-electron chi connectivity index (χ3n) is 3.87. The Morgan fingerprint density at radius 2 is 2.29 bits per heavy atom. The smallest absolute Gasteiger partial charge is 0.234 e. The fourth-order valence-corrected chi connectivity index (χ4v) is 3.56. The van der Waals surface area contributed by atoms with E-state index in [-0.39, 0.29) is 17.7 Å². The van der Waals surface area contributed by atoms with E-state index in [0.29, 0.717) is 11.8 Å². The molecule has 2 aliphatic heterocycles. The van der Waals surface area contributed by atoms with E-state index in [1.165, 1.54) is 11.8 Å². The van der Waals surface area contributed by atoms with Crippen LogP contribution in [-0.4, -0.2) is 30.2 Å². The zero-order valence-corrected chi connectivity index (χ0v) is 12.8. The minimum atomic E-state index is 0.00292. The molecule has 0 radical (unpaired) electrons. The van der Waals surface area contributed by atoms with Gasteiger partial charge >= 0.3 is 0 Å². The van der Waals surface area contributed by atoms with Gasteiger partial charge in [-0.3, -0.25) is 9.59 Å². The van der Waals surface area contributed by atoms with Crippen molar-refractivity contribution in [3.05, 3.63) is 18.2 Å². The average Bonchev–Trinajstić information content (AvgIpc) is 2.46. The van der Waals surface area contributed by atoms with Gasteiger partial charge in [-0.15, -0.1) is 11.8 Å². The topological polar surface area (TPSA) is 70.2 Å². The van der Waals surface area contributed by atoms with Crippen molar-refractivity contribution in [2.24, 2.45) is 5.92 Å². The molecule has 0 bridgehead atoms. The van der Waals surface area contributed by atoms with Gasteiger partial charge in [0.2, 0.25) is 11.8 Å². The first kappa shape index (κ1) is 14.4. The number of hydrogen-bond donors (Lipinski definition) is 3. The summed E-state index contributed by atoms with van der Waals surface area (Å²) < 4.78 is 0. The van der Waals surface area contributed by atoms with Crippen LogP contribution in [0.2, 0.25) is 0 Å². The molecule has 2 amide bonds. The van der Waals surface area contributed by atoms with Crippen LogP contribution in [0.3, 0.4) is 0 Å². The Morgan fingerprint density at radius 3 is 3.10 bits per heavy atom. The number of carbonyl (C=O) groups excluding carboxylic acids is 2. The molecule has 2 unspecified atom stereocenters. The fraction of sp³-hybridized carbons (Fsp3) is 0.467. The molecule has 2 heterocycles. The predicted octanol–water partition coefficient (Wildman–Crippen LogP) is 2.06. The Bertz CT molecular complexity index is 576. The molecule has 112 valence electrons. The molecule has 0 aromatic heterocycles. The van der Waals surface area contributed by atoms with Crippen molar-refractivity contribution in [2.75, 3.05) is 22.9 Å². The summed E-state index contributed by atoms with van der Waals surface area (Å²) in [6.07, 6.45) is 1.73. The highest BCUT2D eigenvalue weighted by Gasteiger charge is 2.25. The lowest BCUT2D eigenvalue weighted by Gasteiger charge is -2.27. The van der Waals surface area contributed by atoms with Crippen LogP contribution in [0.4, 0.5) is 11.4 Å². The molecule has 0 saturated carbocycles. The van der Waals surface area contributed by atoms with Crippen molar-refractivity contribution in [3.8, 4) is 0 Å². The number of anilines is 2. The third-order valence-corrected chi connectivity index (χ3v) is 4.95. The van der Waals surface area contributed by atoms with Gasteiger partial charge < -0.3 is 16.0 Å².